The van der Waals surface area contributed by atoms with Gasteiger partial charge in [0.2, 0.25) is 0 Å². The monoisotopic (exact) mass is 314 g/mol. The van der Waals surface area contributed by atoms with Gasteiger partial charge in [-0.3, -0.25) is 4.68 Å². The molecule has 0 radical (unpaired) electrons. The summed E-state index contributed by atoms with van der Waals surface area (Å²) in [7, 11) is 1.76. The standard InChI is InChI=1S/C12H12Cl2N4S/c1-15-12(19)17-9-5-16-18(7-9)6-8-2-3-10(13)11(14)4-8/h2-5,7H,6H2,1H3,(H2,15,17,19). The van der Waals surface area contributed by atoms with Gasteiger partial charge >= 0.3 is 0 Å². The van der Waals surface area contributed by atoms with Crippen LogP contribution in [0.15, 0.2) is 30.6 Å². The van der Waals surface area contributed by atoms with E-state index in [9.17, 15) is 0 Å². The van der Waals surface area contributed by atoms with Crippen molar-refractivity contribution >= 4 is 46.2 Å². The van der Waals surface area contributed by atoms with E-state index >= 15 is 0 Å². The molecule has 0 unspecified atom stereocenters. The Morgan fingerprint density at radius 3 is 2.84 bits per heavy atom. The van der Waals surface area contributed by atoms with E-state index in [1.54, 1.807) is 24.0 Å². The number of thiocarbonyl (C=S) groups is 1. The van der Waals surface area contributed by atoms with Crippen LogP contribution < -0.4 is 10.6 Å². The molecule has 2 rings (SSSR count). The quantitative estimate of drug-likeness (QED) is 0.854. The molecule has 0 saturated heterocycles. The molecular formula is C12H12Cl2N4S. The van der Waals surface area contributed by atoms with E-state index in [4.69, 9.17) is 35.4 Å². The number of rotatable bonds is 3. The van der Waals surface area contributed by atoms with Crippen LogP contribution in [0, 0.1) is 0 Å². The third-order valence-corrected chi connectivity index (χ3v) is 3.49. The Hall–Kier alpha value is -1.30. The number of hydrogen-bond donors (Lipinski definition) is 2. The van der Waals surface area contributed by atoms with Crippen LogP contribution in [0.25, 0.3) is 0 Å². The van der Waals surface area contributed by atoms with Crippen LogP contribution in [0.2, 0.25) is 10.0 Å². The Bertz CT molecular complexity index is 597. The molecule has 1 heterocycles. The third-order valence-electron chi connectivity index (χ3n) is 2.45. The van der Waals surface area contributed by atoms with Crippen molar-refractivity contribution in [2.45, 2.75) is 6.54 Å². The highest BCUT2D eigenvalue weighted by atomic mass is 35.5. The molecule has 0 spiro atoms. The minimum Gasteiger partial charge on any atom is -0.366 e. The molecule has 1 aromatic heterocycles. The molecule has 2 N–H and O–H groups in total. The molecule has 0 aliphatic rings. The van der Waals surface area contributed by atoms with Gasteiger partial charge in [-0.05, 0) is 29.9 Å². The zero-order valence-corrected chi connectivity index (χ0v) is 12.5. The molecular weight excluding hydrogens is 303 g/mol. The molecule has 19 heavy (non-hydrogen) atoms. The summed E-state index contributed by atoms with van der Waals surface area (Å²) in [6, 6.07) is 5.52. The number of hydrogen-bond acceptors (Lipinski definition) is 2. The second kappa shape index (κ2) is 6.23. The van der Waals surface area contributed by atoms with Crippen molar-refractivity contribution in [3.05, 3.63) is 46.2 Å². The lowest BCUT2D eigenvalue weighted by molar-refractivity contribution is 0.687. The van der Waals surface area contributed by atoms with Gasteiger partial charge < -0.3 is 10.6 Å². The van der Waals surface area contributed by atoms with E-state index in [1.165, 1.54) is 0 Å². The summed E-state index contributed by atoms with van der Waals surface area (Å²) in [4.78, 5) is 0. The first-order valence-electron chi connectivity index (χ1n) is 5.53. The summed E-state index contributed by atoms with van der Waals surface area (Å²) in [6.45, 7) is 0.616. The van der Waals surface area contributed by atoms with Crippen molar-refractivity contribution in [3.8, 4) is 0 Å². The average Bonchev–Trinajstić information content (AvgIpc) is 2.81. The molecule has 0 amide bonds. The summed E-state index contributed by atoms with van der Waals surface area (Å²) in [5, 5.41) is 11.7. The predicted molar refractivity (Wildman–Crippen MR) is 83.1 cm³/mol. The normalized spacial score (nSPS) is 10.3. The van der Waals surface area contributed by atoms with Gasteiger partial charge in [-0.1, -0.05) is 29.3 Å². The maximum absolute atomic E-state index is 5.97. The average molecular weight is 315 g/mol. The molecule has 0 atom stereocenters. The van der Waals surface area contributed by atoms with Crippen LogP contribution in [0.1, 0.15) is 5.56 Å². The number of benzene rings is 1. The third kappa shape index (κ3) is 3.83. The zero-order chi connectivity index (χ0) is 13.8. The van der Waals surface area contributed by atoms with Gasteiger partial charge in [0.25, 0.3) is 0 Å². The smallest absolute Gasteiger partial charge is 0.170 e. The lowest BCUT2D eigenvalue weighted by Gasteiger charge is -2.04. The summed E-state index contributed by atoms with van der Waals surface area (Å²) in [5.41, 5.74) is 1.86. The summed E-state index contributed by atoms with van der Waals surface area (Å²) in [6.07, 6.45) is 3.58. The van der Waals surface area contributed by atoms with Crippen molar-refractivity contribution in [3.63, 3.8) is 0 Å². The van der Waals surface area contributed by atoms with Crippen LogP contribution in [-0.2, 0) is 6.54 Å². The Balaban J connectivity index is 2.07. The highest BCUT2D eigenvalue weighted by Gasteiger charge is 2.03. The van der Waals surface area contributed by atoms with E-state index in [0.717, 1.165) is 11.3 Å². The number of halogens is 2. The lowest BCUT2D eigenvalue weighted by atomic mass is 10.2. The number of anilines is 1. The van der Waals surface area contributed by atoms with Gasteiger partial charge in [0.05, 0.1) is 28.5 Å². The largest absolute Gasteiger partial charge is 0.366 e. The van der Waals surface area contributed by atoms with E-state index in [1.807, 2.05) is 18.3 Å². The second-order valence-corrected chi connectivity index (χ2v) is 5.10. The fourth-order valence-electron chi connectivity index (χ4n) is 1.53. The molecule has 0 fully saturated rings. The Morgan fingerprint density at radius 1 is 1.37 bits per heavy atom. The maximum atomic E-state index is 5.97. The van der Waals surface area contributed by atoms with Gasteiger partial charge in [0.1, 0.15) is 0 Å². The first-order chi connectivity index (χ1) is 9.08. The Kier molecular flexibility index (Phi) is 4.63. The predicted octanol–water partition coefficient (Wildman–Crippen LogP) is 3.15. The van der Waals surface area contributed by atoms with Crippen LogP contribution >= 0.6 is 35.4 Å². The number of nitrogens with one attached hydrogen (secondary N) is 2. The van der Waals surface area contributed by atoms with Crippen molar-refractivity contribution in [2.75, 3.05) is 12.4 Å². The molecule has 0 aliphatic heterocycles. The van der Waals surface area contributed by atoms with E-state index < -0.39 is 0 Å². The van der Waals surface area contributed by atoms with Crippen molar-refractivity contribution in [2.24, 2.45) is 0 Å². The van der Waals surface area contributed by atoms with Crippen molar-refractivity contribution in [1.82, 2.24) is 15.1 Å². The lowest BCUT2D eigenvalue weighted by Crippen LogP contribution is -2.23. The van der Waals surface area contributed by atoms with Gasteiger partial charge in [0, 0.05) is 13.2 Å². The topological polar surface area (TPSA) is 41.9 Å². The van der Waals surface area contributed by atoms with Crippen LogP contribution in [-0.4, -0.2) is 21.9 Å². The molecule has 0 bridgehead atoms. The summed E-state index contributed by atoms with van der Waals surface area (Å²) in [5.74, 6) is 0. The van der Waals surface area contributed by atoms with Crippen molar-refractivity contribution in [1.29, 1.82) is 0 Å². The number of nitrogens with zero attached hydrogens (tertiary/aromatic N) is 2. The van der Waals surface area contributed by atoms with E-state index in [-0.39, 0.29) is 0 Å². The Labute approximate surface area is 126 Å². The van der Waals surface area contributed by atoms with Crippen LogP contribution in [0.4, 0.5) is 5.69 Å². The van der Waals surface area contributed by atoms with E-state index in [0.29, 0.717) is 21.7 Å². The van der Waals surface area contributed by atoms with Crippen LogP contribution in [0.3, 0.4) is 0 Å². The Morgan fingerprint density at radius 2 is 2.16 bits per heavy atom. The fraction of sp³-hybridized carbons (Fsp3) is 0.167. The highest BCUT2D eigenvalue weighted by Crippen LogP contribution is 2.23. The van der Waals surface area contributed by atoms with Gasteiger partial charge in [-0.25, -0.2) is 0 Å². The zero-order valence-electron chi connectivity index (χ0n) is 10.2. The van der Waals surface area contributed by atoms with Gasteiger partial charge in [-0.2, -0.15) is 5.10 Å². The molecule has 7 heteroatoms. The van der Waals surface area contributed by atoms with Crippen LogP contribution in [0.5, 0.6) is 0 Å². The maximum Gasteiger partial charge on any atom is 0.170 e. The second-order valence-electron chi connectivity index (χ2n) is 3.88. The fourth-order valence-corrected chi connectivity index (χ4v) is 1.97. The minimum absolute atomic E-state index is 0.543. The molecule has 100 valence electrons. The summed E-state index contributed by atoms with van der Waals surface area (Å²) < 4.78 is 1.79. The minimum atomic E-state index is 0.543. The molecule has 0 saturated carbocycles. The SMILES string of the molecule is CNC(=S)Nc1cnn(Cc2ccc(Cl)c(Cl)c2)c1. The van der Waals surface area contributed by atoms with Crippen molar-refractivity contribution < 1.29 is 0 Å². The molecule has 4 nitrogen and oxygen atoms in total. The first-order valence-corrected chi connectivity index (χ1v) is 6.70. The molecule has 2 aromatic rings. The summed E-state index contributed by atoms with van der Waals surface area (Å²) >= 11 is 16.9. The van der Waals surface area contributed by atoms with Gasteiger partial charge in [0.15, 0.2) is 5.11 Å². The number of aromatic nitrogens is 2. The van der Waals surface area contributed by atoms with E-state index in [2.05, 4.69) is 15.7 Å². The first kappa shape index (κ1) is 14.1. The molecule has 0 aliphatic carbocycles. The van der Waals surface area contributed by atoms with Gasteiger partial charge in [-0.15, -0.1) is 0 Å². The highest BCUT2D eigenvalue weighted by molar-refractivity contribution is 7.80. The molecule has 1 aromatic carbocycles.